The van der Waals surface area contributed by atoms with E-state index in [9.17, 15) is 9.18 Å². The number of anilines is 1. The van der Waals surface area contributed by atoms with Crippen LogP contribution in [0.15, 0.2) is 24.4 Å². The van der Waals surface area contributed by atoms with Crippen molar-refractivity contribution in [1.82, 2.24) is 9.78 Å². The second kappa shape index (κ2) is 5.59. The van der Waals surface area contributed by atoms with E-state index in [1.807, 2.05) is 6.92 Å². The number of nitrogens with zero attached hydrogens (tertiary/aromatic N) is 2. The molecule has 0 atom stereocenters. The van der Waals surface area contributed by atoms with Crippen LogP contribution in [0.25, 0.3) is 0 Å². The standard InChI is InChI=1S/C12H10Cl2FN3O/c1-2-18-6-8(14)11(17-18)12(19)16-10-4-3-7(13)5-9(10)15/h3-6H,2H2,1H3,(H,16,19). The first-order valence-electron chi connectivity index (χ1n) is 5.50. The van der Waals surface area contributed by atoms with Crippen LogP contribution in [-0.2, 0) is 6.54 Å². The van der Waals surface area contributed by atoms with E-state index >= 15 is 0 Å². The zero-order valence-electron chi connectivity index (χ0n) is 9.95. The Hall–Kier alpha value is -1.59. The molecule has 1 heterocycles. The second-order valence-electron chi connectivity index (χ2n) is 3.76. The molecule has 1 N–H and O–H groups in total. The van der Waals surface area contributed by atoms with Gasteiger partial charge in [0.25, 0.3) is 5.91 Å². The monoisotopic (exact) mass is 301 g/mol. The van der Waals surface area contributed by atoms with Crippen molar-refractivity contribution in [2.75, 3.05) is 5.32 Å². The first-order chi connectivity index (χ1) is 9.01. The third kappa shape index (κ3) is 3.05. The predicted octanol–water partition coefficient (Wildman–Crippen LogP) is 3.60. The molecule has 0 fully saturated rings. The van der Waals surface area contributed by atoms with Gasteiger partial charge in [-0.15, -0.1) is 0 Å². The number of amides is 1. The van der Waals surface area contributed by atoms with Crippen molar-refractivity contribution in [3.63, 3.8) is 0 Å². The van der Waals surface area contributed by atoms with Crippen molar-refractivity contribution in [3.05, 3.63) is 46.0 Å². The highest BCUT2D eigenvalue weighted by Gasteiger charge is 2.16. The number of aromatic nitrogens is 2. The van der Waals surface area contributed by atoms with Gasteiger partial charge < -0.3 is 5.32 Å². The molecule has 0 aliphatic carbocycles. The van der Waals surface area contributed by atoms with E-state index in [1.165, 1.54) is 23.0 Å². The fourth-order valence-electron chi connectivity index (χ4n) is 1.49. The lowest BCUT2D eigenvalue weighted by atomic mass is 10.3. The lowest BCUT2D eigenvalue weighted by Gasteiger charge is -2.05. The van der Waals surface area contributed by atoms with Gasteiger partial charge in [-0.1, -0.05) is 23.2 Å². The molecule has 0 spiro atoms. The fraction of sp³-hybridized carbons (Fsp3) is 0.167. The fourth-order valence-corrected chi connectivity index (χ4v) is 1.88. The van der Waals surface area contributed by atoms with Crippen LogP contribution in [0.3, 0.4) is 0 Å². The first-order valence-corrected chi connectivity index (χ1v) is 6.26. The summed E-state index contributed by atoms with van der Waals surface area (Å²) in [7, 11) is 0. The summed E-state index contributed by atoms with van der Waals surface area (Å²) in [5.74, 6) is -1.19. The van der Waals surface area contributed by atoms with Crippen molar-refractivity contribution >= 4 is 34.8 Å². The largest absolute Gasteiger partial charge is 0.318 e. The SMILES string of the molecule is CCn1cc(Cl)c(C(=O)Nc2ccc(Cl)cc2F)n1. The average Bonchev–Trinajstić information content (AvgIpc) is 2.74. The summed E-state index contributed by atoms with van der Waals surface area (Å²) in [6.07, 6.45) is 1.54. The number of halogens is 3. The Bertz CT molecular complexity index is 627. The van der Waals surface area contributed by atoms with E-state index in [0.717, 1.165) is 6.07 Å². The molecule has 0 aliphatic rings. The maximum atomic E-state index is 13.5. The molecule has 1 amide bonds. The minimum Gasteiger partial charge on any atom is -0.318 e. The Morgan fingerprint density at radius 3 is 2.79 bits per heavy atom. The minimum absolute atomic E-state index is 0.0246. The Morgan fingerprint density at radius 1 is 1.47 bits per heavy atom. The number of rotatable bonds is 3. The van der Waals surface area contributed by atoms with E-state index in [2.05, 4.69) is 10.4 Å². The number of carbonyl (C=O) groups excluding carboxylic acids is 1. The molecule has 7 heteroatoms. The van der Waals surface area contributed by atoms with Gasteiger partial charge in [-0.3, -0.25) is 9.48 Å². The molecule has 1 aromatic heterocycles. The van der Waals surface area contributed by atoms with Crippen LogP contribution >= 0.6 is 23.2 Å². The molecule has 19 heavy (non-hydrogen) atoms. The summed E-state index contributed by atoms with van der Waals surface area (Å²) in [6, 6.07) is 3.97. The van der Waals surface area contributed by atoms with Crippen molar-refractivity contribution in [2.45, 2.75) is 13.5 Å². The van der Waals surface area contributed by atoms with Crippen LogP contribution < -0.4 is 5.32 Å². The third-order valence-corrected chi connectivity index (χ3v) is 2.95. The Kier molecular flexibility index (Phi) is 4.07. The molecular weight excluding hydrogens is 292 g/mol. The van der Waals surface area contributed by atoms with E-state index in [4.69, 9.17) is 23.2 Å². The van der Waals surface area contributed by atoms with Gasteiger partial charge in [-0.2, -0.15) is 5.10 Å². The van der Waals surface area contributed by atoms with Gasteiger partial charge in [-0.05, 0) is 25.1 Å². The van der Waals surface area contributed by atoms with E-state index in [1.54, 1.807) is 0 Å². The van der Waals surface area contributed by atoms with Gasteiger partial charge in [0.1, 0.15) is 5.82 Å². The molecular formula is C12H10Cl2FN3O. The molecule has 0 unspecified atom stereocenters. The molecule has 100 valence electrons. The molecule has 0 aliphatic heterocycles. The van der Waals surface area contributed by atoms with Gasteiger partial charge in [0.15, 0.2) is 5.69 Å². The maximum absolute atomic E-state index is 13.5. The number of hydrogen-bond donors (Lipinski definition) is 1. The molecule has 4 nitrogen and oxygen atoms in total. The predicted molar refractivity (Wildman–Crippen MR) is 72.3 cm³/mol. The normalized spacial score (nSPS) is 10.5. The molecule has 0 saturated heterocycles. The second-order valence-corrected chi connectivity index (χ2v) is 4.60. The lowest BCUT2D eigenvalue weighted by Crippen LogP contribution is -2.14. The number of aryl methyl sites for hydroxylation is 1. The zero-order valence-corrected chi connectivity index (χ0v) is 11.5. The van der Waals surface area contributed by atoms with Crippen LogP contribution in [0.4, 0.5) is 10.1 Å². The smallest absolute Gasteiger partial charge is 0.277 e. The van der Waals surface area contributed by atoms with Crippen molar-refractivity contribution < 1.29 is 9.18 Å². The highest BCUT2D eigenvalue weighted by molar-refractivity contribution is 6.34. The Labute approximate surface area is 119 Å². The van der Waals surface area contributed by atoms with Gasteiger partial charge in [0, 0.05) is 17.8 Å². The molecule has 0 radical (unpaired) electrons. The summed E-state index contributed by atoms with van der Waals surface area (Å²) in [4.78, 5) is 11.9. The van der Waals surface area contributed by atoms with Gasteiger partial charge >= 0.3 is 0 Å². The molecule has 0 bridgehead atoms. The summed E-state index contributed by atoms with van der Waals surface area (Å²) in [6.45, 7) is 2.45. The zero-order chi connectivity index (χ0) is 14.0. The summed E-state index contributed by atoms with van der Waals surface area (Å²) in [5.41, 5.74) is 0.0781. The molecule has 1 aromatic carbocycles. The molecule has 2 aromatic rings. The first kappa shape index (κ1) is 13.8. The molecule has 0 saturated carbocycles. The topological polar surface area (TPSA) is 46.9 Å². The summed E-state index contributed by atoms with van der Waals surface area (Å²) < 4.78 is 15.1. The van der Waals surface area contributed by atoms with E-state index in [-0.39, 0.29) is 21.4 Å². The lowest BCUT2D eigenvalue weighted by molar-refractivity contribution is 0.102. The van der Waals surface area contributed by atoms with Crippen molar-refractivity contribution in [3.8, 4) is 0 Å². The molecule has 2 rings (SSSR count). The van der Waals surface area contributed by atoms with Crippen molar-refractivity contribution in [2.24, 2.45) is 0 Å². The highest BCUT2D eigenvalue weighted by Crippen LogP contribution is 2.21. The number of nitrogens with one attached hydrogen (secondary N) is 1. The average molecular weight is 302 g/mol. The quantitative estimate of drug-likeness (QED) is 0.941. The highest BCUT2D eigenvalue weighted by atomic mass is 35.5. The maximum Gasteiger partial charge on any atom is 0.277 e. The number of hydrogen-bond acceptors (Lipinski definition) is 2. The van der Waals surface area contributed by atoms with Crippen LogP contribution in [0.5, 0.6) is 0 Å². The summed E-state index contributed by atoms with van der Waals surface area (Å²) >= 11 is 11.5. The number of carbonyl (C=O) groups is 1. The van der Waals surface area contributed by atoms with Gasteiger partial charge in [0.2, 0.25) is 0 Å². The Balaban J connectivity index is 2.23. The van der Waals surface area contributed by atoms with Crippen LogP contribution in [0, 0.1) is 5.82 Å². The van der Waals surface area contributed by atoms with E-state index < -0.39 is 11.7 Å². The number of benzene rings is 1. The summed E-state index contributed by atoms with van der Waals surface area (Å²) in [5, 5.41) is 6.86. The van der Waals surface area contributed by atoms with E-state index in [0.29, 0.717) is 6.54 Å². The minimum atomic E-state index is -0.619. The van der Waals surface area contributed by atoms with Crippen molar-refractivity contribution in [1.29, 1.82) is 0 Å². The van der Waals surface area contributed by atoms with Gasteiger partial charge in [-0.25, -0.2) is 4.39 Å². The van der Waals surface area contributed by atoms with Crippen LogP contribution in [0.2, 0.25) is 10.0 Å². The van der Waals surface area contributed by atoms with Crippen LogP contribution in [0.1, 0.15) is 17.4 Å². The third-order valence-electron chi connectivity index (χ3n) is 2.44. The Morgan fingerprint density at radius 2 is 2.21 bits per heavy atom. The van der Waals surface area contributed by atoms with Gasteiger partial charge in [0.05, 0.1) is 10.7 Å². The van der Waals surface area contributed by atoms with Crippen LogP contribution in [-0.4, -0.2) is 15.7 Å².